The number of rotatable bonds is 9. The highest BCUT2D eigenvalue weighted by Crippen LogP contribution is 2.33. The molecule has 1 unspecified atom stereocenters. The lowest BCUT2D eigenvalue weighted by atomic mass is 10.1. The van der Waals surface area contributed by atoms with E-state index in [1.54, 1.807) is 6.07 Å². The number of hydrogen-bond donors (Lipinski definition) is 1. The smallest absolute Gasteiger partial charge is 0.167 e. The lowest BCUT2D eigenvalue weighted by Crippen LogP contribution is -2.34. The zero-order valence-electron chi connectivity index (χ0n) is 13.8. The third-order valence-electron chi connectivity index (χ3n) is 3.73. The number of ether oxygens (including phenoxy) is 1. The molecule has 0 spiro atoms. The molecule has 120 valence electrons. The van der Waals surface area contributed by atoms with Crippen LogP contribution >= 0.6 is 0 Å². The molecule has 1 aromatic carbocycles. The molecule has 1 rings (SSSR count). The topological polar surface area (TPSA) is 38.5 Å². The van der Waals surface area contributed by atoms with Gasteiger partial charge in [0, 0.05) is 24.7 Å². The molecule has 0 aliphatic heterocycles. The first-order valence-corrected chi connectivity index (χ1v) is 8.03. The van der Waals surface area contributed by atoms with Crippen molar-refractivity contribution in [3.8, 4) is 5.75 Å². The molecule has 3 nitrogen and oxygen atoms in total. The van der Waals surface area contributed by atoms with Crippen LogP contribution < -0.4 is 15.4 Å². The summed E-state index contributed by atoms with van der Waals surface area (Å²) in [5, 5.41) is 0. The second kappa shape index (κ2) is 8.75. The zero-order valence-corrected chi connectivity index (χ0v) is 13.8. The Hall–Kier alpha value is -1.45. The Morgan fingerprint density at radius 1 is 1.24 bits per heavy atom. The first-order chi connectivity index (χ1) is 10.0. The maximum Gasteiger partial charge on any atom is 0.167 e. The standard InChI is InChI=1S/C17H29FN2O/c1-5-8-9-20(13(4)7-3)16-12-17(21-10-6-2)14(18)11-15(16)19/h11-13H,5-10,19H2,1-4H3. The maximum absolute atomic E-state index is 13.9. The van der Waals surface area contributed by atoms with E-state index in [4.69, 9.17) is 10.5 Å². The van der Waals surface area contributed by atoms with Crippen LogP contribution in [0.4, 0.5) is 15.8 Å². The van der Waals surface area contributed by atoms with Crippen molar-refractivity contribution in [2.45, 2.75) is 59.4 Å². The van der Waals surface area contributed by atoms with Gasteiger partial charge in [-0.3, -0.25) is 0 Å². The summed E-state index contributed by atoms with van der Waals surface area (Å²) < 4.78 is 19.4. The number of nitrogen functional groups attached to an aromatic ring is 1. The highest BCUT2D eigenvalue weighted by Gasteiger charge is 2.18. The third kappa shape index (κ3) is 4.80. The monoisotopic (exact) mass is 296 g/mol. The van der Waals surface area contributed by atoms with Crippen molar-refractivity contribution in [1.82, 2.24) is 0 Å². The highest BCUT2D eigenvalue weighted by molar-refractivity contribution is 5.70. The van der Waals surface area contributed by atoms with Crippen LogP contribution in [-0.4, -0.2) is 19.2 Å². The third-order valence-corrected chi connectivity index (χ3v) is 3.73. The van der Waals surface area contributed by atoms with Gasteiger partial charge in [-0.05, 0) is 26.2 Å². The van der Waals surface area contributed by atoms with Gasteiger partial charge in [0.2, 0.25) is 0 Å². The van der Waals surface area contributed by atoms with E-state index in [1.165, 1.54) is 6.07 Å². The van der Waals surface area contributed by atoms with Gasteiger partial charge in [0.1, 0.15) is 0 Å². The molecule has 1 atom stereocenters. The van der Waals surface area contributed by atoms with Gasteiger partial charge in [0.25, 0.3) is 0 Å². The van der Waals surface area contributed by atoms with E-state index in [-0.39, 0.29) is 5.82 Å². The van der Waals surface area contributed by atoms with Crippen LogP contribution in [-0.2, 0) is 0 Å². The van der Waals surface area contributed by atoms with Crippen LogP contribution in [0.2, 0.25) is 0 Å². The summed E-state index contributed by atoms with van der Waals surface area (Å²) >= 11 is 0. The molecule has 1 aromatic rings. The molecule has 0 aromatic heterocycles. The highest BCUT2D eigenvalue weighted by atomic mass is 19.1. The van der Waals surface area contributed by atoms with E-state index in [1.807, 2.05) is 6.92 Å². The Balaban J connectivity index is 3.10. The number of benzene rings is 1. The molecular weight excluding hydrogens is 267 g/mol. The van der Waals surface area contributed by atoms with Crippen molar-refractivity contribution < 1.29 is 9.13 Å². The fourth-order valence-corrected chi connectivity index (χ4v) is 2.26. The minimum Gasteiger partial charge on any atom is -0.490 e. The van der Waals surface area contributed by atoms with Gasteiger partial charge >= 0.3 is 0 Å². The fraction of sp³-hybridized carbons (Fsp3) is 0.647. The Morgan fingerprint density at radius 2 is 1.95 bits per heavy atom. The average molecular weight is 296 g/mol. The Bertz CT molecular complexity index is 437. The van der Waals surface area contributed by atoms with Gasteiger partial charge in [-0.25, -0.2) is 4.39 Å². The van der Waals surface area contributed by atoms with E-state index < -0.39 is 0 Å². The lowest BCUT2D eigenvalue weighted by Gasteiger charge is -2.32. The summed E-state index contributed by atoms with van der Waals surface area (Å²) in [7, 11) is 0. The van der Waals surface area contributed by atoms with Gasteiger partial charge in [-0.2, -0.15) is 0 Å². The quantitative estimate of drug-likeness (QED) is 0.677. The molecule has 0 aliphatic rings. The van der Waals surface area contributed by atoms with Gasteiger partial charge in [-0.1, -0.05) is 27.2 Å². The van der Waals surface area contributed by atoms with Crippen molar-refractivity contribution in [3.05, 3.63) is 17.9 Å². The number of anilines is 2. The van der Waals surface area contributed by atoms with Crippen molar-refractivity contribution in [1.29, 1.82) is 0 Å². The summed E-state index contributed by atoms with van der Waals surface area (Å²) in [5.41, 5.74) is 7.41. The Morgan fingerprint density at radius 3 is 2.52 bits per heavy atom. The molecule has 21 heavy (non-hydrogen) atoms. The predicted molar refractivity (Wildman–Crippen MR) is 88.6 cm³/mol. The number of nitrogens with two attached hydrogens (primary N) is 1. The zero-order chi connectivity index (χ0) is 15.8. The number of nitrogens with zero attached hydrogens (tertiary/aromatic N) is 1. The first-order valence-electron chi connectivity index (χ1n) is 8.03. The summed E-state index contributed by atoms with van der Waals surface area (Å²) in [6.45, 7) is 9.93. The Labute approximate surface area is 128 Å². The number of hydrogen-bond acceptors (Lipinski definition) is 3. The number of halogens is 1. The van der Waals surface area contributed by atoms with Crippen LogP contribution in [0.3, 0.4) is 0 Å². The Kier molecular flexibility index (Phi) is 7.34. The average Bonchev–Trinajstić information content (AvgIpc) is 2.47. The molecule has 0 heterocycles. The van der Waals surface area contributed by atoms with E-state index in [0.29, 0.717) is 24.1 Å². The van der Waals surface area contributed by atoms with Crippen LogP contribution in [0.1, 0.15) is 53.4 Å². The molecule has 0 saturated carbocycles. The maximum atomic E-state index is 13.9. The minimum atomic E-state index is -0.385. The molecule has 0 aliphatic carbocycles. The van der Waals surface area contributed by atoms with Crippen LogP contribution in [0, 0.1) is 5.82 Å². The number of unbranched alkanes of at least 4 members (excludes halogenated alkanes) is 1. The van der Waals surface area contributed by atoms with Crippen molar-refractivity contribution >= 4 is 11.4 Å². The molecule has 0 fully saturated rings. The molecular formula is C17H29FN2O. The van der Waals surface area contributed by atoms with Gasteiger partial charge in [-0.15, -0.1) is 0 Å². The fourth-order valence-electron chi connectivity index (χ4n) is 2.26. The second-order valence-corrected chi connectivity index (χ2v) is 5.49. The summed E-state index contributed by atoms with van der Waals surface area (Å²) in [6.07, 6.45) is 4.08. The van der Waals surface area contributed by atoms with E-state index in [2.05, 4.69) is 25.7 Å². The van der Waals surface area contributed by atoms with E-state index in [0.717, 1.165) is 37.9 Å². The van der Waals surface area contributed by atoms with Gasteiger partial charge < -0.3 is 15.4 Å². The summed E-state index contributed by atoms with van der Waals surface area (Å²) in [6, 6.07) is 3.49. The second-order valence-electron chi connectivity index (χ2n) is 5.49. The normalized spacial score (nSPS) is 12.2. The SMILES string of the molecule is CCCCN(c1cc(OCCC)c(F)cc1N)C(C)CC. The molecule has 4 heteroatoms. The molecule has 0 amide bonds. The van der Waals surface area contributed by atoms with Crippen molar-refractivity contribution in [2.75, 3.05) is 23.8 Å². The van der Waals surface area contributed by atoms with Gasteiger partial charge in [0.15, 0.2) is 11.6 Å². The predicted octanol–water partition coefficient (Wildman–Crippen LogP) is 4.60. The first kappa shape index (κ1) is 17.6. The molecule has 2 N–H and O–H groups in total. The van der Waals surface area contributed by atoms with Crippen LogP contribution in [0.5, 0.6) is 5.75 Å². The summed E-state index contributed by atoms with van der Waals surface area (Å²) in [5.74, 6) is -0.0878. The molecule has 0 radical (unpaired) electrons. The van der Waals surface area contributed by atoms with Gasteiger partial charge in [0.05, 0.1) is 18.0 Å². The molecule has 0 saturated heterocycles. The van der Waals surface area contributed by atoms with E-state index in [9.17, 15) is 4.39 Å². The van der Waals surface area contributed by atoms with Crippen molar-refractivity contribution in [3.63, 3.8) is 0 Å². The largest absolute Gasteiger partial charge is 0.490 e. The minimum absolute atomic E-state index is 0.297. The summed E-state index contributed by atoms with van der Waals surface area (Å²) in [4.78, 5) is 2.26. The van der Waals surface area contributed by atoms with Crippen LogP contribution in [0.25, 0.3) is 0 Å². The van der Waals surface area contributed by atoms with Crippen LogP contribution in [0.15, 0.2) is 12.1 Å². The molecule has 0 bridgehead atoms. The lowest BCUT2D eigenvalue weighted by molar-refractivity contribution is 0.301. The van der Waals surface area contributed by atoms with Crippen molar-refractivity contribution in [2.24, 2.45) is 0 Å². The van der Waals surface area contributed by atoms with E-state index >= 15 is 0 Å².